The van der Waals surface area contributed by atoms with Gasteiger partial charge in [-0.25, -0.2) is 4.98 Å². The number of rotatable bonds is 6. The molecule has 3 N–H and O–H groups in total. The van der Waals surface area contributed by atoms with E-state index in [0.717, 1.165) is 24.6 Å². The Hall–Kier alpha value is -1.29. The number of nitrogens with one attached hydrogen (secondary N) is 2. The van der Waals surface area contributed by atoms with Gasteiger partial charge in [0.2, 0.25) is 0 Å². The minimum Gasteiger partial charge on any atom is -0.391 e. The first-order chi connectivity index (χ1) is 7.26. The van der Waals surface area contributed by atoms with Crippen LogP contribution in [0.4, 0.5) is 11.6 Å². The third-order valence-electron chi connectivity index (χ3n) is 2.10. The fraction of sp³-hybridized carbons (Fsp3) is 0.545. The van der Waals surface area contributed by atoms with E-state index in [9.17, 15) is 5.11 Å². The number of aromatic nitrogens is 1. The van der Waals surface area contributed by atoms with E-state index < -0.39 is 0 Å². The Kier molecular flexibility index (Phi) is 4.90. The van der Waals surface area contributed by atoms with E-state index in [0.29, 0.717) is 6.54 Å². The normalized spacial score (nSPS) is 12.2. The van der Waals surface area contributed by atoms with Gasteiger partial charge in [0.1, 0.15) is 11.6 Å². The summed E-state index contributed by atoms with van der Waals surface area (Å²) in [7, 11) is 0. The van der Waals surface area contributed by atoms with Crippen LogP contribution in [0.1, 0.15) is 20.3 Å². The van der Waals surface area contributed by atoms with Crippen LogP contribution >= 0.6 is 0 Å². The van der Waals surface area contributed by atoms with Gasteiger partial charge in [0, 0.05) is 13.1 Å². The SMILES string of the molecule is CCNc1cccc(NCC(O)CC)n1. The molecule has 1 atom stereocenters. The van der Waals surface area contributed by atoms with Gasteiger partial charge in [-0.2, -0.15) is 0 Å². The zero-order valence-corrected chi connectivity index (χ0v) is 9.33. The van der Waals surface area contributed by atoms with Crippen LogP contribution in [0.2, 0.25) is 0 Å². The lowest BCUT2D eigenvalue weighted by Crippen LogP contribution is -2.18. The Bertz CT molecular complexity index is 291. The van der Waals surface area contributed by atoms with E-state index in [1.807, 2.05) is 32.0 Å². The highest BCUT2D eigenvalue weighted by molar-refractivity contribution is 5.44. The number of aliphatic hydroxyl groups is 1. The summed E-state index contributed by atoms with van der Waals surface area (Å²) in [6.45, 7) is 5.38. The molecule has 0 fully saturated rings. The molecule has 0 saturated carbocycles. The van der Waals surface area contributed by atoms with Gasteiger partial charge in [0.25, 0.3) is 0 Å². The molecule has 0 aliphatic carbocycles. The average Bonchev–Trinajstić information content (AvgIpc) is 2.27. The molecule has 1 rings (SSSR count). The lowest BCUT2D eigenvalue weighted by molar-refractivity contribution is 0.183. The number of aliphatic hydroxyl groups excluding tert-OH is 1. The van der Waals surface area contributed by atoms with E-state index in [4.69, 9.17) is 0 Å². The van der Waals surface area contributed by atoms with Gasteiger partial charge >= 0.3 is 0 Å². The number of hydrogen-bond donors (Lipinski definition) is 3. The van der Waals surface area contributed by atoms with Crippen LogP contribution in [-0.2, 0) is 0 Å². The van der Waals surface area contributed by atoms with Gasteiger partial charge in [0.15, 0.2) is 0 Å². The Balaban J connectivity index is 2.50. The molecule has 1 heterocycles. The second-order valence-electron chi connectivity index (χ2n) is 3.38. The molecular formula is C11H19N3O. The summed E-state index contributed by atoms with van der Waals surface area (Å²) in [6.07, 6.45) is 0.439. The van der Waals surface area contributed by atoms with Crippen LogP contribution in [0, 0.1) is 0 Å². The predicted molar refractivity (Wildman–Crippen MR) is 63.2 cm³/mol. The minimum absolute atomic E-state index is 0.311. The van der Waals surface area contributed by atoms with Gasteiger partial charge in [-0.15, -0.1) is 0 Å². The van der Waals surface area contributed by atoms with Gasteiger partial charge in [0.05, 0.1) is 6.10 Å². The quantitative estimate of drug-likeness (QED) is 0.667. The maximum absolute atomic E-state index is 9.39. The topological polar surface area (TPSA) is 57.2 Å². The predicted octanol–water partition coefficient (Wildman–Crippen LogP) is 1.70. The molecule has 4 heteroatoms. The molecule has 0 amide bonds. The first-order valence-corrected chi connectivity index (χ1v) is 5.39. The summed E-state index contributed by atoms with van der Waals surface area (Å²) in [5, 5.41) is 15.6. The van der Waals surface area contributed by atoms with E-state index in [1.165, 1.54) is 0 Å². The molecule has 0 bridgehead atoms. The third-order valence-corrected chi connectivity index (χ3v) is 2.10. The maximum Gasteiger partial charge on any atom is 0.128 e. The first kappa shape index (κ1) is 11.8. The Morgan fingerprint density at radius 2 is 1.93 bits per heavy atom. The molecule has 0 aliphatic heterocycles. The van der Waals surface area contributed by atoms with Crippen LogP contribution < -0.4 is 10.6 Å². The van der Waals surface area contributed by atoms with E-state index >= 15 is 0 Å². The summed E-state index contributed by atoms with van der Waals surface area (Å²) < 4.78 is 0. The van der Waals surface area contributed by atoms with Crippen molar-refractivity contribution in [2.75, 3.05) is 23.7 Å². The molecule has 0 aromatic carbocycles. The zero-order valence-electron chi connectivity index (χ0n) is 9.33. The summed E-state index contributed by atoms with van der Waals surface area (Å²) in [5.41, 5.74) is 0. The molecule has 1 unspecified atom stereocenters. The standard InChI is InChI=1S/C11H19N3O/c1-3-9(15)8-13-11-7-5-6-10(14-11)12-4-2/h5-7,9,15H,3-4,8H2,1-2H3,(H2,12,13,14). The third kappa shape index (κ3) is 4.16. The molecule has 15 heavy (non-hydrogen) atoms. The van der Waals surface area contributed by atoms with Gasteiger partial charge < -0.3 is 15.7 Å². The minimum atomic E-state index is -0.311. The van der Waals surface area contributed by atoms with Crippen molar-refractivity contribution >= 4 is 11.6 Å². The van der Waals surface area contributed by atoms with Crippen LogP contribution in [-0.4, -0.2) is 29.3 Å². The number of pyridine rings is 1. The summed E-state index contributed by atoms with van der Waals surface area (Å²) >= 11 is 0. The van der Waals surface area contributed by atoms with Crippen molar-refractivity contribution in [3.05, 3.63) is 18.2 Å². The van der Waals surface area contributed by atoms with Crippen molar-refractivity contribution in [3.63, 3.8) is 0 Å². The zero-order chi connectivity index (χ0) is 11.1. The molecule has 0 aliphatic rings. The Morgan fingerprint density at radius 3 is 2.53 bits per heavy atom. The first-order valence-electron chi connectivity index (χ1n) is 5.39. The van der Waals surface area contributed by atoms with Crippen molar-refractivity contribution in [1.29, 1.82) is 0 Å². The molecule has 1 aromatic rings. The van der Waals surface area contributed by atoms with Crippen molar-refractivity contribution < 1.29 is 5.11 Å². The number of hydrogen-bond acceptors (Lipinski definition) is 4. The molecule has 0 spiro atoms. The summed E-state index contributed by atoms with van der Waals surface area (Å²) in [4.78, 5) is 4.34. The van der Waals surface area contributed by atoms with E-state index in [-0.39, 0.29) is 6.10 Å². The van der Waals surface area contributed by atoms with Gasteiger partial charge in [-0.3, -0.25) is 0 Å². The van der Waals surface area contributed by atoms with Crippen LogP contribution in [0.25, 0.3) is 0 Å². The molecule has 1 aromatic heterocycles. The van der Waals surface area contributed by atoms with Gasteiger partial charge in [-0.05, 0) is 25.5 Å². The average molecular weight is 209 g/mol. The van der Waals surface area contributed by atoms with Crippen molar-refractivity contribution in [2.45, 2.75) is 26.4 Å². The highest BCUT2D eigenvalue weighted by Gasteiger charge is 2.01. The highest BCUT2D eigenvalue weighted by atomic mass is 16.3. The van der Waals surface area contributed by atoms with Crippen molar-refractivity contribution in [3.8, 4) is 0 Å². The summed E-state index contributed by atoms with van der Waals surface area (Å²) in [6, 6.07) is 5.75. The highest BCUT2D eigenvalue weighted by Crippen LogP contribution is 2.08. The largest absolute Gasteiger partial charge is 0.391 e. The fourth-order valence-electron chi connectivity index (χ4n) is 1.18. The lowest BCUT2D eigenvalue weighted by atomic mass is 10.3. The van der Waals surface area contributed by atoms with Gasteiger partial charge in [-0.1, -0.05) is 13.0 Å². The Morgan fingerprint density at radius 1 is 1.27 bits per heavy atom. The second kappa shape index (κ2) is 6.24. The van der Waals surface area contributed by atoms with Crippen molar-refractivity contribution in [1.82, 2.24) is 4.98 Å². The molecule has 4 nitrogen and oxygen atoms in total. The molecular weight excluding hydrogens is 190 g/mol. The smallest absolute Gasteiger partial charge is 0.128 e. The molecule has 84 valence electrons. The summed E-state index contributed by atoms with van der Waals surface area (Å²) in [5.74, 6) is 1.65. The molecule has 0 saturated heterocycles. The van der Waals surface area contributed by atoms with E-state index in [2.05, 4.69) is 15.6 Å². The number of nitrogens with zero attached hydrogens (tertiary/aromatic N) is 1. The van der Waals surface area contributed by atoms with Crippen LogP contribution in [0.5, 0.6) is 0 Å². The van der Waals surface area contributed by atoms with Crippen molar-refractivity contribution in [2.24, 2.45) is 0 Å². The fourth-order valence-corrected chi connectivity index (χ4v) is 1.18. The Labute approximate surface area is 90.7 Å². The second-order valence-corrected chi connectivity index (χ2v) is 3.38. The van der Waals surface area contributed by atoms with E-state index in [1.54, 1.807) is 0 Å². The lowest BCUT2D eigenvalue weighted by Gasteiger charge is -2.11. The maximum atomic E-state index is 9.39. The van der Waals surface area contributed by atoms with Crippen LogP contribution in [0.15, 0.2) is 18.2 Å². The molecule has 0 radical (unpaired) electrons. The van der Waals surface area contributed by atoms with Crippen LogP contribution in [0.3, 0.4) is 0 Å². The monoisotopic (exact) mass is 209 g/mol. The number of anilines is 2.